The molecule has 2 atom stereocenters. The predicted molar refractivity (Wildman–Crippen MR) is 88.6 cm³/mol. The second-order valence-corrected chi connectivity index (χ2v) is 10.9. The minimum atomic E-state index is -1.22. The van der Waals surface area contributed by atoms with Gasteiger partial charge in [-0.3, -0.25) is 0 Å². The summed E-state index contributed by atoms with van der Waals surface area (Å²) < 4.78 is 14.9. The normalized spacial score (nSPS) is 22.2. The summed E-state index contributed by atoms with van der Waals surface area (Å²) in [7, 11) is 0. The Bertz CT molecular complexity index is 508. The van der Waals surface area contributed by atoms with Gasteiger partial charge in [0.15, 0.2) is 0 Å². The summed E-state index contributed by atoms with van der Waals surface area (Å²) in [6.07, 6.45) is 4.47. The Morgan fingerprint density at radius 1 is 1.45 bits per heavy atom. The zero-order valence-electron chi connectivity index (χ0n) is 12.3. The second-order valence-electron chi connectivity index (χ2n) is 4.90. The van der Waals surface area contributed by atoms with E-state index in [1.807, 2.05) is 6.92 Å². The molecule has 0 bridgehead atoms. The molecule has 0 aromatic carbocycles. The van der Waals surface area contributed by atoms with Crippen molar-refractivity contribution in [1.82, 2.24) is 10.1 Å². The van der Waals surface area contributed by atoms with E-state index in [1.54, 1.807) is 0 Å². The number of nitrogens with two attached hydrogens (primary N) is 1. The van der Waals surface area contributed by atoms with Crippen molar-refractivity contribution >= 4 is 25.4 Å². The second kappa shape index (κ2) is 6.82. The molecule has 0 saturated carbocycles. The van der Waals surface area contributed by atoms with Gasteiger partial charge < -0.3 is 0 Å². The van der Waals surface area contributed by atoms with Crippen LogP contribution in [-0.2, 0) is 4.74 Å². The van der Waals surface area contributed by atoms with Gasteiger partial charge in [-0.1, -0.05) is 0 Å². The maximum absolute atomic E-state index is 6.03. The van der Waals surface area contributed by atoms with E-state index in [0.717, 1.165) is 5.57 Å². The van der Waals surface area contributed by atoms with Crippen LogP contribution >= 0.6 is 19.8 Å². The van der Waals surface area contributed by atoms with Crippen LogP contribution in [0.4, 0.5) is 0 Å². The van der Waals surface area contributed by atoms with Crippen molar-refractivity contribution in [3.05, 3.63) is 27.9 Å². The van der Waals surface area contributed by atoms with E-state index in [2.05, 4.69) is 47.1 Å². The summed E-state index contributed by atoms with van der Waals surface area (Å²) in [4.78, 5) is 4.34. The van der Waals surface area contributed by atoms with Gasteiger partial charge in [-0.2, -0.15) is 0 Å². The van der Waals surface area contributed by atoms with E-state index >= 15 is 0 Å². The Labute approximate surface area is 127 Å². The van der Waals surface area contributed by atoms with E-state index in [0.29, 0.717) is 11.7 Å². The number of hydrogen-bond acceptors (Lipinski definition) is 5. The molecule has 6 heteroatoms. The van der Waals surface area contributed by atoms with Gasteiger partial charge >= 0.3 is 127 Å². The van der Waals surface area contributed by atoms with E-state index in [4.69, 9.17) is 15.0 Å². The summed E-state index contributed by atoms with van der Waals surface area (Å²) in [6, 6.07) is -0.244. The van der Waals surface area contributed by atoms with Crippen molar-refractivity contribution in [1.29, 1.82) is 0 Å². The van der Waals surface area contributed by atoms with Crippen LogP contribution in [0, 0.1) is 0 Å². The molecule has 0 fully saturated rings. The molecule has 1 aliphatic heterocycles. The fourth-order valence-electron chi connectivity index (χ4n) is 1.79. The van der Waals surface area contributed by atoms with Crippen molar-refractivity contribution < 1.29 is 9.26 Å². The predicted octanol–water partition coefficient (Wildman–Crippen LogP) is 3.28. The Hall–Kier alpha value is -0.730. The third-order valence-corrected chi connectivity index (χ3v) is 8.07. The molecular formula is C14H22IN3O2. The topological polar surface area (TPSA) is 74.2 Å². The van der Waals surface area contributed by atoms with Gasteiger partial charge in [-0.05, 0) is 0 Å². The number of aromatic nitrogens is 2. The molecule has 5 nitrogen and oxygen atoms in total. The van der Waals surface area contributed by atoms with Crippen LogP contribution in [0.2, 0.25) is 0 Å². The number of halogens is 1. The molecule has 20 heavy (non-hydrogen) atoms. The van der Waals surface area contributed by atoms with Gasteiger partial charge in [0.2, 0.25) is 0 Å². The zero-order valence-corrected chi connectivity index (χ0v) is 14.5. The SMILES string of the molecule is CCI1C=CC(c2noc([C@H](C)N)n2)=CC1OC(C)C. The average molecular weight is 391 g/mol. The Kier molecular flexibility index (Phi) is 5.34. The van der Waals surface area contributed by atoms with Gasteiger partial charge in [0, 0.05) is 0 Å². The third-order valence-electron chi connectivity index (χ3n) is 2.79. The summed E-state index contributed by atoms with van der Waals surface area (Å²) in [5, 5.41) is 4.00. The first kappa shape index (κ1) is 15.7. The summed E-state index contributed by atoms with van der Waals surface area (Å²) in [5.41, 5.74) is 6.71. The number of nitrogens with zero attached hydrogens (tertiary/aromatic N) is 2. The zero-order chi connectivity index (χ0) is 14.7. The molecule has 1 aromatic heterocycles. The molecule has 1 aromatic rings. The van der Waals surface area contributed by atoms with Gasteiger partial charge in [-0.25, -0.2) is 0 Å². The quantitative estimate of drug-likeness (QED) is 0.616. The van der Waals surface area contributed by atoms with Crippen molar-refractivity contribution in [2.75, 3.05) is 4.43 Å². The Morgan fingerprint density at radius 3 is 2.75 bits per heavy atom. The van der Waals surface area contributed by atoms with Crippen molar-refractivity contribution in [3.63, 3.8) is 0 Å². The number of rotatable bonds is 5. The standard InChI is InChI=1S/C14H22IN3O2/c1-5-15-7-6-11(8-12(15)19-9(2)3)13-17-14(10(4)16)20-18-13/h6-10,12H,5,16H2,1-4H3/t10-,12?/m0/s1. The molecule has 2 N–H and O–H groups in total. The summed E-state index contributed by atoms with van der Waals surface area (Å²) in [6.45, 7) is 8.19. The first-order chi connectivity index (χ1) is 9.51. The van der Waals surface area contributed by atoms with Crippen LogP contribution in [-0.4, -0.2) is 24.8 Å². The fraction of sp³-hybridized carbons (Fsp3) is 0.571. The molecule has 1 unspecified atom stereocenters. The van der Waals surface area contributed by atoms with Crippen LogP contribution in [0.25, 0.3) is 5.57 Å². The molecule has 0 aliphatic carbocycles. The first-order valence-corrected chi connectivity index (χ1v) is 10.8. The van der Waals surface area contributed by atoms with Crippen molar-refractivity contribution in [2.45, 2.75) is 44.0 Å². The van der Waals surface area contributed by atoms with Gasteiger partial charge in [0.25, 0.3) is 0 Å². The van der Waals surface area contributed by atoms with E-state index in [-0.39, 0.29) is 16.3 Å². The number of allylic oxidation sites excluding steroid dienone is 2. The molecule has 112 valence electrons. The van der Waals surface area contributed by atoms with Gasteiger partial charge in [0.05, 0.1) is 0 Å². The monoisotopic (exact) mass is 391 g/mol. The minimum absolute atomic E-state index is 0.210. The molecule has 0 radical (unpaired) electrons. The van der Waals surface area contributed by atoms with Crippen molar-refractivity contribution in [2.24, 2.45) is 5.73 Å². The Balaban J connectivity index is 2.22. The molecule has 2 heterocycles. The van der Waals surface area contributed by atoms with Crippen LogP contribution < -0.4 is 5.73 Å². The molecule has 0 saturated heterocycles. The third kappa shape index (κ3) is 3.67. The molecule has 1 aliphatic rings. The van der Waals surface area contributed by atoms with Gasteiger partial charge in [0.1, 0.15) is 0 Å². The van der Waals surface area contributed by atoms with Crippen molar-refractivity contribution in [3.8, 4) is 0 Å². The molecule has 2 rings (SSSR count). The van der Waals surface area contributed by atoms with E-state index in [1.165, 1.54) is 4.43 Å². The molecule has 0 amide bonds. The Morgan fingerprint density at radius 2 is 2.20 bits per heavy atom. The number of alkyl halides is 2. The van der Waals surface area contributed by atoms with Gasteiger partial charge in [-0.15, -0.1) is 0 Å². The van der Waals surface area contributed by atoms with Crippen LogP contribution in [0.15, 0.2) is 20.8 Å². The molecular weight excluding hydrogens is 369 g/mol. The number of ether oxygens (including phenoxy) is 1. The number of hydrogen-bond donors (Lipinski definition) is 1. The van der Waals surface area contributed by atoms with E-state index < -0.39 is 19.8 Å². The molecule has 0 spiro atoms. The first-order valence-electron chi connectivity index (χ1n) is 6.79. The average Bonchev–Trinajstić information content (AvgIpc) is 2.87. The fourth-order valence-corrected chi connectivity index (χ4v) is 6.24. The van der Waals surface area contributed by atoms with Crippen LogP contribution in [0.3, 0.4) is 0 Å². The summed E-state index contributed by atoms with van der Waals surface area (Å²) in [5.74, 6) is 1.06. The van der Waals surface area contributed by atoms with Crippen LogP contribution in [0.1, 0.15) is 45.5 Å². The van der Waals surface area contributed by atoms with Crippen LogP contribution in [0.5, 0.6) is 0 Å². The maximum atomic E-state index is 6.03. The summed E-state index contributed by atoms with van der Waals surface area (Å²) >= 11 is -1.22. The van der Waals surface area contributed by atoms with E-state index in [9.17, 15) is 0 Å².